The average molecular weight is 369 g/mol. The van der Waals surface area contributed by atoms with Gasteiger partial charge in [-0.15, -0.1) is 11.3 Å². The summed E-state index contributed by atoms with van der Waals surface area (Å²) in [6, 6.07) is 11.0. The van der Waals surface area contributed by atoms with Gasteiger partial charge in [-0.1, -0.05) is 28.1 Å². The largest absolute Gasteiger partial charge is 0.271 e. The monoisotopic (exact) mass is 368 g/mol. The van der Waals surface area contributed by atoms with Crippen molar-refractivity contribution in [1.82, 2.24) is 5.43 Å². The van der Waals surface area contributed by atoms with Gasteiger partial charge >= 0.3 is 0 Å². The van der Waals surface area contributed by atoms with E-state index in [1.807, 2.05) is 23.1 Å². The summed E-state index contributed by atoms with van der Waals surface area (Å²) in [6.45, 7) is 0. The van der Waals surface area contributed by atoms with E-state index in [1.165, 1.54) is 28.2 Å². The van der Waals surface area contributed by atoms with Crippen LogP contribution in [0.1, 0.15) is 26.9 Å². The Hall–Kier alpha value is -0.330. The van der Waals surface area contributed by atoms with E-state index in [2.05, 4.69) is 51.7 Å². The first-order chi connectivity index (χ1) is 9.76. The Kier molecular flexibility index (Phi) is 4.83. The number of halogens is 1. The van der Waals surface area contributed by atoms with E-state index < -0.39 is 0 Å². The Morgan fingerprint density at radius 1 is 1.35 bits per heavy atom. The smallest absolute Gasteiger partial charge is 0.0593 e. The van der Waals surface area contributed by atoms with E-state index in [0.717, 1.165) is 16.6 Å². The maximum Gasteiger partial charge on any atom is 0.0593 e. The number of fused-ring (bicyclic) bond motifs is 1. The van der Waals surface area contributed by atoms with Gasteiger partial charge in [-0.3, -0.25) is 11.3 Å². The summed E-state index contributed by atoms with van der Waals surface area (Å²) in [5, 5.41) is 0. The molecule has 0 saturated heterocycles. The molecule has 1 aromatic heterocycles. The van der Waals surface area contributed by atoms with Crippen LogP contribution in [0.5, 0.6) is 0 Å². The molecule has 0 bridgehead atoms. The average Bonchev–Trinajstić information content (AvgIpc) is 2.88. The number of hydrogen-bond acceptors (Lipinski definition) is 4. The summed E-state index contributed by atoms with van der Waals surface area (Å²) in [5.41, 5.74) is 5.79. The van der Waals surface area contributed by atoms with Gasteiger partial charge in [-0.05, 0) is 47.9 Å². The number of thiophene rings is 1. The van der Waals surface area contributed by atoms with Gasteiger partial charge in [0.05, 0.1) is 6.04 Å². The van der Waals surface area contributed by atoms with Gasteiger partial charge < -0.3 is 0 Å². The summed E-state index contributed by atoms with van der Waals surface area (Å²) in [6.07, 6.45) is 2.13. The number of rotatable bonds is 4. The van der Waals surface area contributed by atoms with Crippen LogP contribution in [0.3, 0.4) is 0 Å². The molecule has 0 saturated carbocycles. The van der Waals surface area contributed by atoms with Crippen LogP contribution in [-0.4, -0.2) is 5.75 Å². The molecule has 5 heteroatoms. The summed E-state index contributed by atoms with van der Waals surface area (Å²) in [4.78, 5) is 2.91. The molecule has 1 aliphatic rings. The number of nitrogens with two attached hydrogens (primary N) is 1. The number of nitrogens with one attached hydrogen (secondary N) is 1. The minimum absolute atomic E-state index is 0.199. The molecular weight excluding hydrogens is 352 g/mol. The minimum Gasteiger partial charge on any atom is -0.271 e. The highest BCUT2D eigenvalue weighted by atomic mass is 79.9. The van der Waals surface area contributed by atoms with E-state index in [1.54, 1.807) is 4.88 Å². The van der Waals surface area contributed by atoms with Crippen LogP contribution in [-0.2, 0) is 18.6 Å². The molecule has 106 valence electrons. The fourth-order valence-corrected chi connectivity index (χ4v) is 5.37. The standard InChI is InChI=1S/C15H17BrN2S2/c16-12-3-1-2-10(6-12)7-13(18-17)15-8-11-9-19-5-4-14(11)20-15/h1-3,6,8,13,18H,4-5,7,9,17H2. The van der Waals surface area contributed by atoms with Crippen LogP contribution in [0.2, 0.25) is 0 Å². The number of hydrazine groups is 1. The summed E-state index contributed by atoms with van der Waals surface area (Å²) >= 11 is 7.47. The quantitative estimate of drug-likeness (QED) is 0.631. The number of benzene rings is 1. The first-order valence-corrected chi connectivity index (χ1v) is 9.42. The molecule has 2 aromatic rings. The van der Waals surface area contributed by atoms with E-state index in [0.29, 0.717) is 0 Å². The molecule has 1 aromatic carbocycles. The van der Waals surface area contributed by atoms with Crippen molar-refractivity contribution < 1.29 is 0 Å². The van der Waals surface area contributed by atoms with Crippen LogP contribution in [0.25, 0.3) is 0 Å². The summed E-state index contributed by atoms with van der Waals surface area (Å²) in [5.74, 6) is 8.19. The van der Waals surface area contributed by atoms with Crippen molar-refractivity contribution in [1.29, 1.82) is 0 Å². The second-order valence-electron chi connectivity index (χ2n) is 4.95. The molecule has 3 N–H and O–H groups in total. The third-order valence-electron chi connectivity index (χ3n) is 3.52. The molecule has 1 unspecified atom stereocenters. The Balaban J connectivity index is 1.81. The van der Waals surface area contributed by atoms with Crippen molar-refractivity contribution >= 4 is 39.0 Å². The normalized spacial score (nSPS) is 15.9. The second kappa shape index (κ2) is 6.62. The molecule has 20 heavy (non-hydrogen) atoms. The predicted molar refractivity (Wildman–Crippen MR) is 92.1 cm³/mol. The maximum atomic E-state index is 5.79. The molecule has 0 fully saturated rings. The minimum atomic E-state index is 0.199. The van der Waals surface area contributed by atoms with Gasteiger partial charge in [0.15, 0.2) is 0 Å². The van der Waals surface area contributed by atoms with Crippen LogP contribution < -0.4 is 11.3 Å². The fraction of sp³-hybridized carbons (Fsp3) is 0.333. The molecule has 0 aliphatic carbocycles. The summed E-state index contributed by atoms with van der Waals surface area (Å²) < 4.78 is 1.12. The fourth-order valence-electron chi connectivity index (χ4n) is 2.48. The van der Waals surface area contributed by atoms with Gasteiger partial charge in [-0.2, -0.15) is 11.8 Å². The zero-order chi connectivity index (χ0) is 13.9. The highest BCUT2D eigenvalue weighted by molar-refractivity contribution is 9.10. The molecule has 0 amide bonds. The Morgan fingerprint density at radius 3 is 3.00 bits per heavy atom. The topological polar surface area (TPSA) is 38.0 Å². The van der Waals surface area contributed by atoms with Crippen molar-refractivity contribution in [2.45, 2.75) is 24.6 Å². The van der Waals surface area contributed by atoms with Crippen LogP contribution >= 0.6 is 39.0 Å². The number of thioether (sulfide) groups is 1. The number of aryl methyl sites for hydroxylation is 1. The highest BCUT2D eigenvalue weighted by Gasteiger charge is 2.19. The molecule has 3 rings (SSSR count). The van der Waals surface area contributed by atoms with Gasteiger partial charge in [0.2, 0.25) is 0 Å². The molecule has 0 radical (unpaired) electrons. The first-order valence-electron chi connectivity index (χ1n) is 6.66. The lowest BCUT2D eigenvalue weighted by molar-refractivity contribution is 0.560. The van der Waals surface area contributed by atoms with Gasteiger partial charge in [0.1, 0.15) is 0 Å². The van der Waals surface area contributed by atoms with Gasteiger partial charge in [0, 0.05) is 20.0 Å². The zero-order valence-corrected chi connectivity index (χ0v) is 14.3. The highest BCUT2D eigenvalue weighted by Crippen LogP contribution is 2.35. The van der Waals surface area contributed by atoms with Crippen LogP contribution in [0, 0.1) is 0 Å². The van der Waals surface area contributed by atoms with E-state index in [-0.39, 0.29) is 6.04 Å². The third-order valence-corrected chi connectivity index (χ3v) is 6.37. The Bertz CT molecular complexity index is 574. The molecule has 1 aliphatic heterocycles. The summed E-state index contributed by atoms with van der Waals surface area (Å²) in [7, 11) is 0. The number of hydrogen-bond donors (Lipinski definition) is 2. The second-order valence-corrected chi connectivity index (χ2v) is 8.14. The van der Waals surface area contributed by atoms with Gasteiger partial charge in [-0.25, -0.2) is 0 Å². The Morgan fingerprint density at radius 2 is 2.25 bits per heavy atom. The lowest BCUT2D eigenvalue weighted by atomic mass is 10.0. The van der Waals surface area contributed by atoms with Crippen molar-refractivity contribution in [3.63, 3.8) is 0 Å². The SMILES string of the molecule is NNC(Cc1cccc(Br)c1)c1cc2c(s1)CCSC2. The first kappa shape index (κ1) is 14.6. The van der Waals surface area contributed by atoms with Crippen molar-refractivity contribution in [3.05, 3.63) is 55.7 Å². The third kappa shape index (κ3) is 3.28. The molecule has 1 atom stereocenters. The van der Waals surface area contributed by atoms with Crippen molar-refractivity contribution in [2.75, 3.05) is 5.75 Å². The van der Waals surface area contributed by atoms with Crippen molar-refractivity contribution in [2.24, 2.45) is 5.84 Å². The molecule has 2 heterocycles. The van der Waals surface area contributed by atoms with E-state index in [9.17, 15) is 0 Å². The molecule has 0 spiro atoms. The van der Waals surface area contributed by atoms with E-state index >= 15 is 0 Å². The zero-order valence-electron chi connectivity index (χ0n) is 11.1. The molecule has 2 nitrogen and oxygen atoms in total. The lowest BCUT2D eigenvalue weighted by Crippen LogP contribution is -2.28. The maximum absolute atomic E-state index is 5.79. The predicted octanol–water partition coefficient (Wildman–Crippen LogP) is 4.05. The van der Waals surface area contributed by atoms with Crippen LogP contribution in [0.4, 0.5) is 0 Å². The van der Waals surface area contributed by atoms with Crippen LogP contribution in [0.15, 0.2) is 34.8 Å². The van der Waals surface area contributed by atoms with E-state index in [4.69, 9.17) is 5.84 Å². The Labute approximate surface area is 136 Å². The molecular formula is C15H17BrN2S2. The van der Waals surface area contributed by atoms with Crippen molar-refractivity contribution in [3.8, 4) is 0 Å². The lowest BCUT2D eigenvalue weighted by Gasteiger charge is -2.14. The van der Waals surface area contributed by atoms with Gasteiger partial charge in [0.25, 0.3) is 0 Å².